The lowest BCUT2D eigenvalue weighted by molar-refractivity contribution is 0.154. The third-order valence-corrected chi connectivity index (χ3v) is 4.39. The SMILES string of the molecule is CC(C)N1CCC(NC2CCCC2C#N)CC1. The number of hydrogen-bond donors (Lipinski definition) is 1. The Morgan fingerprint density at radius 1 is 1.18 bits per heavy atom. The number of nitriles is 1. The smallest absolute Gasteiger partial charge is 0.0672 e. The molecule has 2 atom stereocenters. The van der Waals surface area contributed by atoms with E-state index >= 15 is 0 Å². The number of nitrogens with one attached hydrogen (secondary N) is 1. The van der Waals surface area contributed by atoms with Crippen molar-refractivity contribution in [2.24, 2.45) is 5.92 Å². The molecule has 0 radical (unpaired) electrons. The molecule has 17 heavy (non-hydrogen) atoms. The van der Waals surface area contributed by atoms with E-state index in [-0.39, 0.29) is 5.92 Å². The summed E-state index contributed by atoms with van der Waals surface area (Å²) in [6, 6.07) is 4.24. The van der Waals surface area contributed by atoms with Crippen LogP contribution in [0.3, 0.4) is 0 Å². The molecule has 1 heterocycles. The highest BCUT2D eigenvalue weighted by Crippen LogP contribution is 2.26. The Bertz CT molecular complexity index is 274. The second-order valence-corrected chi connectivity index (χ2v) is 5.84. The predicted molar refractivity (Wildman–Crippen MR) is 69.6 cm³/mol. The summed E-state index contributed by atoms with van der Waals surface area (Å²) in [5, 5.41) is 12.8. The van der Waals surface area contributed by atoms with Crippen molar-refractivity contribution in [1.82, 2.24) is 10.2 Å². The fraction of sp³-hybridized carbons (Fsp3) is 0.929. The van der Waals surface area contributed by atoms with Gasteiger partial charge in [0.25, 0.3) is 0 Å². The summed E-state index contributed by atoms with van der Waals surface area (Å²) in [5.74, 6) is 0.262. The molecule has 2 aliphatic rings. The fourth-order valence-corrected chi connectivity index (χ4v) is 3.20. The van der Waals surface area contributed by atoms with Crippen LogP contribution in [0.4, 0.5) is 0 Å². The van der Waals surface area contributed by atoms with Gasteiger partial charge < -0.3 is 10.2 Å². The number of piperidine rings is 1. The molecular weight excluding hydrogens is 210 g/mol. The Labute approximate surface area is 105 Å². The normalized spacial score (nSPS) is 31.9. The molecule has 1 saturated carbocycles. The van der Waals surface area contributed by atoms with Gasteiger partial charge in [0.1, 0.15) is 0 Å². The largest absolute Gasteiger partial charge is 0.310 e. The maximum atomic E-state index is 9.08. The van der Waals surface area contributed by atoms with Gasteiger partial charge in [-0.05, 0) is 52.6 Å². The summed E-state index contributed by atoms with van der Waals surface area (Å²) in [5.41, 5.74) is 0. The van der Waals surface area contributed by atoms with E-state index < -0.39 is 0 Å². The van der Waals surface area contributed by atoms with Crippen molar-refractivity contribution in [1.29, 1.82) is 5.26 Å². The van der Waals surface area contributed by atoms with Gasteiger partial charge in [-0.3, -0.25) is 0 Å². The molecule has 1 aliphatic carbocycles. The zero-order valence-electron chi connectivity index (χ0n) is 11.2. The van der Waals surface area contributed by atoms with Gasteiger partial charge >= 0.3 is 0 Å². The van der Waals surface area contributed by atoms with E-state index in [0.29, 0.717) is 18.1 Å². The molecule has 0 bridgehead atoms. The Morgan fingerprint density at radius 3 is 2.47 bits per heavy atom. The molecule has 3 nitrogen and oxygen atoms in total. The molecule has 1 N–H and O–H groups in total. The van der Waals surface area contributed by atoms with Crippen LogP contribution in [0.2, 0.25) is 0 Å². The van der Waals surface area contributed by atoms with E-state index in [0.717, 1.165) is 6.42 Å². The van der Waals surface area contributed by atoms with Crippen LogP contribution < -0.4 is 5.32 Å². The minimum atomic E-state index is 0.262. The lowest BCUT2D eigenvalue weighted by Gasteiger charge is -2.36. The molecule has 1 aliphatic heterocycles. The first-order valence-corrected chi connectivity index (χ1v) is 7.10. The molecule has 96 valence electrons. The van der Waals surface area contributed by atoms with Gasteiger partial charge in [-0.25, -0.2) is 0 Å². The molecule has 0 amide bonds. The van der Waals surface area contributed by atoms with Crippen molar-refractivity contribution >= 4 is 0 Å². The predicted octanol–water partition coefficient (Wildman–Crippen LogP) is 2.14. The van der Waals surface area contributed by atoms with Gasteiger partial charge in [0.15, 0.2) is 0 Å². The monoisotopic (exact) mass is 235 g/mol. The fourth-order valence-electron chi connectivity index (χ4n) is 3.20. The summed E-state index contributed by atoms with van der Waals surface area (Å²) >= 11 is 0. The molecule has 3 heteroatoms. The van der Waals surface area contributed by atoms with Gasteiger partial charge in [0.2, 0.25) is 0 Å². The van der Waals surface area contributed by atoms with Gasteiger partial charge in [0.05, 0.1) is 12.0 Å². The van der Waals surface area contributed by atoms with Crippen LogP contribution in [-0.2, 0) is 0 Å². The highest BCUT2D eigenvalue weighted by molar-refractivity contribution is 4.98. The lowest BCUT2D eigenvalue weighted by atomic mass is 9.99. The molecular formula is C14H25N3. The Kier molecular flexibility index (Phi) is 4.42. The second-order valence-electron chi connectivity index (χ2n) is 5.84. The van der Waals surface area contributed by atoms with E-state index in [2.05, 4.69) is 30.1 Å². The van der Waals surface area contributed by atoms with Crippen molar-refractivity contribution in [2.75, 3.05) is 13.1 Å². The van der Waals surface area contributed by atoms with Crippen LogP contribution in [0.1, 0.15) is 46.0 Å². The van der Waals surface area contributed by atoms with Crippen LogP contribution in [0.15, 0.2) is 0 Å². The first kappa shape index (κ1) is 12.9. The van der Waals surface area contributed by atoms with Crippen molar-refractivity contribution in [3.05, 3.63) is 0 Å². The molecule has 1 saturated heterocycles. The number of hydrogen-bond acceptors (Lipinski definition) is 3. The van der Waals surface area contributed by atoms with Crippen molar-refractivity contribution in [2.45, 2.75) is 64.1 Å². The Morgan fingerprint density at radius 2 is 1.88 bits per heavy atom. The molecule has 2 fully saturated rings. The standard InChI is InChI=1S/C14H25N3/c1-11(2)17-8-6-13(7-9-17)16-14-5-3-4-12(14)10-15/h11-14,16H,3-9H2,1-2H3. The number of likely N-dealkylation sites (tertiary alicyclic amines) is 1. The topological polar surface area (TPSA) is 39.1 Å². The summed E-state index contributed by atoms with van der Waals surface area (Å²) in [6.45, 7) is 6.96. The molecule has 0 aromatic rings. The average Bonchev–Trinajstić information content (AvgIpc) is 2.77. The second kappa shape index (κ2) is 5.84. The van der Waals surface area contributed by atoms with Crippen LogP contribution in [0.25, 0.3) is 0 Å². The van der Waals surface area contributed by atoms with Gasteiger partial charge in [0, 0.05) is 18.1 Å². The zero-order chi connectivity index (χ0) is 12.3. The van der Waals surface area contributed by atoms with E-state index in [1.807, 2.05) is 0 Å². The van der Waals surface area contributed by atoms with Crippen LogP contribution >= 0.6 is 0 Å². The third-order valence-electron chi connectivity index (χ3n) is 4.39. The van der Waals surface area contributed by atoms with Crippen LogP contribution in [-0.4, -0.2) is 36.1 Å². The van der Waals surface area contributed by atoms with E-state index in [1.165, 1.54) is 38.8 Å². The summed E-state index contributed by atoms with van der Waals surface area (Å²) in [6.07, 6.45) is 6.00. The number of nitrogens with zero attached hydrogens (tertiary/aromatic N) is 2. The Balaban J connectivity index is 1.76. The lowest BCUT2D eigenvalue weighted by Crippen LogP contribution is -2.48. The van der Waals surface area contributed by atoms with E-state index in [9.17, 15) is 0 Å². The van der Waals surface area contributed by atoms with E-state index in [4.69, 9.17) is 5.26 Å². The minimum Gasteiger partial charge on any atom is -0.310 e. The first-order chi connectivity index (χ1) is 8.20. The van der Waals surface area contributed by atoms with Crippen LogP contribution in [0.5, 0.6) is 0 Å². The van der Waals surface area contributed by atoms with E-state index in [1.54, 1.807) is 0 Å². The first-order valence-electron chi connectivity index (χ1n) is 7.10. The van der Waals surface area contributed by atoms with Crippen molar-refractivity contribution < 1.29 is 0 Å². The Hall–Kier alpha value is -0.590. The maximum Gasteiger partial charge on any atom is 0.0672 e. The molecule has 0 aromatic heterocycles. The molecule has 0 spiro atoms. The summed E-state index contributed by atoms with van der Waals surface area (Å²) in [7, 11) is 0. The molecule has 2 rings (SSSR count). The van der Waals surface area contributed by atoms with Crippen molar-refractivity contribution in [3.8, 4) is 6.07 Å². The van der Waals surface area contributed by atoms with Crippen molar-refractivity contribution in [3.63, 3.8) is 0 Å². The quantitative estimate of drug-likeness (QED) is 0.814. The minimum absolute atomic E-state index is 0.262. The molecule has 2 unspecified atom stereocenters. The van der Waals surface area contributed by atoms with Gasteiger partial charge in [-0.15, -0.1) is 0 Å². The molecule has 0 aromatic carbocycles. The summed E-state index contributed by atoms with van der Waals surface area (Å²) < 4.78 is 0. The highest BCUT2D eigenvalue weighted by Gasteiger charge is 2.30. The van der Waals surface area contributed by atoms with Gasteiger partial charge in [-0.2, -0.15) is 5.26 Å². The maximum absolute atomic E-state index is 9.08. The third kappa shape index (κ3) is 3.20. The zero-order valence-corrected chi connectivity index (χ0v) is 11.2. The average molecular weight is 235 g/mol. The van der Waals surface area contributed by atoms with Crippen LogP contribution in [0, 0.1) is 17.2 Å². The highest BCUT2D eigenvalue weighted by atomic mass is 15.2. The van der Waals surface area contributed by atoms with Gasteiger partial charge in [-0.1, -0.05) is 6.42 Å². The summed E-state index contributed by atoms with van der Waals surface area (Å²) in [4.78, 5) is 2.55. The number of rotatable bonds is 3.